The van der Waals surface area contributed by atoms with Crippen molar-refractivity contribution in [1.82, 2.24) is 23.9 Å². The lowest BCUT2D eigenvalue weighted by Crippen LogP contribution is -2.25. The number of hydrogen-bond donors (Lipinski definition) is 0. The molecule has 0 spiro atoms. The minimum Gasteiger partial charge on any atom is -0.348 e. The largest absolute Gasteiger partial charge is 0.348 e. The predicted octanol–water partition coefficient (Wildman–Crippen LogP) is 3.91. The number of carbonyl (C=O) groups is 1. The van der Waals surface area contributed by atoms with E-state index in [1.807, 2.05) is 45.9 Å². The van der Waals surface area contributed by atoms with E-state index in [2.05, 4.69) is 27.6 Å². The number of hydrogen-bond acceptors (Lipinski definition) is 4. The van der Waals surface area contributed by atoms with Gasteiger partial charge in [-0.05, 0) is 63.4 Å². The first kappa shape index (κ1) is 20.8. The van der Waals surface area contributed by atoms with Crippen LogP contribution in [0.25, 0.3) is 16.7 Å². The summed E-state index contributed by atoms with van der Waals surface area (Å²) in [6, 6.07) is 7.99. The fourth-order valence-corrected chi connectivity index (χ4v) is 4.21. The molecule has 0 bridgehead atoms. The highest BCUT2D eigenvalue weighted by molar-refractivity contribution is 5.97. The van der Waals surface area contributed by atoms with E-state index in [-0.39, 0.29) is 17.9 Å². The Morgan fingerprint density at radius 1 is 1.03 bits per heavy atom. The molecule has 0 aliphatic carbocycles. The fourth-order valence-electron chi connectivity index (χ4n) is 4.21. The molecule has 0 aliphatic rings. The monoisotopic (exact) mass is 417 g/mol. The molecule has 7 heteroatoms. The summed E-state index contributed by atoms with van der Waals surface area (Å²) in [5.41, 5.74) is 5.94. The van der Waals surface area contributed by atoms with Gasteiger partial charge in [-0.3, -0.25) is 14.2 Å². The van der Waals surface area contributed by atoms with Gasteiger partial charge >= 0.3 is 0 Å². The third-order valence-corrected chi connectivity index (χ3v) is 5.64. The van der Waals surface area contributed by atoms with E-state index in [0.29, 0.717) is 16.6 Å². The first-order valence-corrected chi connectivity index (χ1v) is 10.5. The van der Waals surface area contributed by atoms with Crippen molar-refractivity contribution < 1.29 is 4.79 Å². The number of rotatable bonds is 6. The maximum Gasteiger partial charge on any atom is 0.264 e. The van der Waals surface area contributed by atoms with Crippen LogP contribution in [0.5, 0.6) is 0 Å². The van der Waals surface area contributed by atoms with Crippen LogP contribution in [-0.4, -0.2) is 29.7 Å². The minimum atomic E-state index is -0.267. The number of aromatic nitrogens is 5. The van der Waals surface area contributed by atoms with Crippen LogP contribution in [-0.2, 0) is 13.1 Å². The second kappa shape index (κ2) is 7.98. The van der Waals surface area contributed by atoms with Gasteiger partial charge in [0.15, 0.2) is 11.4 Å². The van der Waals surface area contributed by atoms with Crippen molar-refractivity contribution in [2.75, 3.05) is 0 Å². The summed E-state index contributed by atoms with van der Waals surface area (Å²) in [6.45, 7) is 10.9. The van der Waals surface area contributed by atoms with Gasteiger partial charge in [0.05, 0.1) is 18.4 Å². The van der Waals surface area contributed by atoms with Crippen molar-refractivity contribution in [3.8, 4) is 5.69 Å². The van der Waals surface area contributed by atoms with E-state index in [9.17, 15) is 9.59 Å². The topological polar surface area (TPSA) is 74.7 Å². The smallest absolute Gasteiger partial charge is 0.264 e. The molecule has 0 atom stereocenters. The van der Waals surface area contributed by atoms with Crippen molar-refractivity contribution in [2.45, 2.75) is 54.1 Å². The third-order valence-electron chi connectivity index (χ3n) is 5.64. The lowest BCUT2D eigenvalue weighted by Gasteiger charge is -2.09. The predicted molar refractivity (Wildman–Crippen MR) is 121 cm³/mol. The summed E-state index contributed by atoms with van der Waals surface area (Å²) in [4.78, 5) is 30.5. The SMILES string of the molecule is CCCn1c(C)cc(C(=O)Cn2cnc3c(cnn3-c3cc(C)cc(C)c3)c2=O)c1C. The lowest BCUT2D eigenvalue weighted by atomic mass is 10.1. The molecule has 4 aromatic rings. The highest BCUT2D eigenvalue weighted by Crippen LogP contribution is 2.19. The van der Waals surface area contributed by atoms with Gasteiger partial charge in [-0.15, -0.1) is 0 Å². The van der Waals surface area contributed by atoms with Crippen LogP contribution < -0.4 is 5.56 Å². The van der Waals surface area contributed by atoms with Crippen LogP contribution in [0, 0.1) is 27.7 Å². The Hall–Kier alpha value is -3.48. The van der Waals surface area contributed by atoms with Gasteiger partial charge in [0.2, 0.25) is 0 Å². The molecule has 0 radical (unpaired) electrons. The molecule has 1 aromatic carbocycles. The minimum absolute atomic E-state index is 0.0487. The Kier molecular flexibility index (Phi) is 5.35. The van der Waals surface area contributed by atoms with Crippen molar-refractivity contribution in [3.05, 3.63) is 75.2 Å². The maximum atomic E-state index is 13.0. The van der Waals surface area contributed by atoms with Gasteiger partial charge < -0.3 is 4.57 Å². The molecule has 3 aromatic heterocycles. The highest BCUT2D eigenvalue weighted by Gasteiger charge is 2.18. The number of benzene rings is 1. The molecular formula is C24H27N5O2. The van der Waals surface area contributed by atoms with Gasteiger partial charge in [-0.1, -0.05) is 13.0 Å². The van der Waals surface area contributed by atoms with Gasteiger partial charge in [0.1, 0.15) is 11.7 Å². The van der Waals surface area contributed by atoms with E-state index < -0.39 is 0 Å². The van der Waals surface area contributed by atoms with Crippen molar-refractivity contribution in [3.63, 3.8) is 0 Å². The summed E-state index contributed by atoms with van der Waals surface area (Å²) < 4.78 is 5.18. The fraction of sp³-hybridized carbons (Fsp3) is 0.333. The molecule has 0 amide bonds. The van der Waals surface area contributed by atoms with Crippen LogP contribution in [0.15, 0.2) is 41.6 Å². The van der Waals surface area contributed by atoms with Gasteiger partial charge in [-0.2, -0.15) is 5.10 Å². The van der Waals surface area contributed by atoms with Gasteiger partial charge in [0.25, 0.3) is 5.56 Å². The molecule has 3 heterocycles. The van der Waals surface area contributed by atoms with Crippen molar-refractivity contribution >= 4 is 16.8 Å². The molecule has 0 saturated carbocycles. The Balaban J connectivity index is 1.69. The standard InChI is InChI=1S/C24H27N5O2/c1-6-7-28-17(4)11-20(18(28)5)22(30)13-27-14-25-23-21(24(27)31)12-26-29(23)19-9-15(2)8-16(3)10-19/h8-12,14H,6-7,13H2,1-5H3. The number of nitrogens with zero attached hydrogens (tertiary/aromatic N) is 5. The summed E-state index contributed by atoms with van der Waals surface area (Å²) >= 11 is 0. The first-order chi connectivity index (χ1) is 14.8. The Morgan fingerprint density at radius 3 is 2.42 bits per heavy atom. The van der Waals surface area contributed by atoms with Crippen molar-refractivity contribution in [1.29, 1.82) is 0 Å². The Labute approximate surface area is 181 Å². The van der Waals surface area contributed by atoms with Crippen LogP contribution in [0.3, 0.4) is 0 Å². The molecule has 0 fully saturated rings. The molecule has 160 valence electrons. The average molecular weight is 418 g/mol. The molecule has 0 N–H and O–H groups in total. The maximum absolute atomic E-state index is 13.0. The third kappa shape index (κ3) is 3.71. The highest BCUT2D eigenvalue weighted by atomic mass is 16.1. The average Bonchev–Trinajstić information content (AvgIpc) is 3.26. The van der Waals surface area contributed by atoms with Crippen LogP contribution in [0.2, 0.25) is 0 Å². The van der Waals surface area contributed by atoms with Crippen LogP contribution >= 0.6 is 0 Å². The summed E-state index contributed by atoms with van der Waals surface area (Å²) in [7, 11) is 0. The number of Topliss-reactive ketones (excluding diaryl/α,β-unsaturated/α-hetero) is 1. The molecule has 0 aliphatic heterocycles. The molecule has 31 heavy (non-hydrogen) atoms. The van der Waals surface area contributed by atoms with E-state index in [4.69, 9.17) is 0 Å². The zero-order chi connectivity index (χ0) is 22.3. The molecule has 0 saturated heterocycles. The van der Waals surface area contributed by atoms with E-state index in [1.165, 1.54) is 17.1 Å². The first-order valence-electron chi connectivity index (χ1n) is 10.5. The Morgan fingerprint density at radius 2 is 1.74 bits per heavy atom. The molecular weight excluding hydrogens is 390 g/mol. The second-order valence-electron chi connectivity index (χ2n) is 8.18. The Bertz CT molecular complexity index is 1340. The number of ketones is 1. The van der Waals surface area contributed by atoms with Gasteiger partial charge in [-0.25, -0.2) is 9.67 Å². The second-order valence-corrected chi connectivity index (χ2v) is 8.18. The number of carbonyl (C=O) groups excluding carboxylic acids is 1. The summed E-state index contributed by atoms with van der Waals surface area (Å²) in [5, 5.41) is 4.78. The van der Waals surface area contributed by atoms with Crippen molar-refractivity contribution in [2.24, 2.45) is 0 Å². The van der Waals surface area contributed by atoms with E-state index >= 15 is 0 Å². The normalized spacial score (nSPS) is 11.4. The number of aryl methyl sites for hydroxylation is 3. The van der Waals surface area contributed by atoms with Gasteiger partial charge in [0, 0.05) is 23.5 Å². The molecule has 0 unspecified atom stereocenters. The summed E-state index contributed by atoms with van der Waals surface area (Å²) in [5.74, 6) is -0.0968. The van der Waals surface area contributed by atoms with E-state index in [1.54, 1.807) is 4.68 Å². The van der Waals surface area contributed by atoms with Crippen LogP contribution in [0.4, 0.5) is 0 Å². The zero-order valence-corrected chi connectivity index (χ0v) is 18.6. The molecule has 4 rings (SSSR count). The quantitative estimate of drug-likeness (QED) is 0.446. The molecule has 7 nitrogen and oxygen atoms in total. The number of fused-ring (bicyclic) bond motifs is 1. The van der Waals surface area contributed by atoms with E-state index in [0.717, 1.165) is 41.2 Å². The summed E-state index contributed by atoms with van der Waals surface area (Å²) in [6.07, 6.45) is 3.96. The lowest BCUT2D eigenvalue weighted by molar-refractivity contribution is 0.0970. The zero-order valence-electron chi connectivity index (χ0n) is 18.6. The van der Waals surface area contributed by atoms with Crippen LogP contribution in [0.1, 0.15) is 46.2 Å².